The first kappa shape index (κ1) is 9.20. The summed E-state index contributed by atoms with van der Waals surface area (Å²) < 4.78 is 0. The molecule has 0 radical (unpaired) electrons. The SMILES string of the molecule is C(=Cc1ccncc1)C1=CCCCC1. The van der Waals surface area contributed by atoms with Gasteiger partial charge in [-0.1, -0.05) is 23.8 Å². The van der Waals surface area contributed by atoms with Crippen LogP contribution in [0.1, 0.15) is 31.2 Å². The van der Waals surface area contributed by atoms with Crippen LogP contribution in [-0.4, -0.2) is 4.98 Å². The molecule has 0 N–H and O–H groups in total. The van der Waals surface area contributed by atoms with Gasteiger partial charge in [0, 0.05) is 12.4 Å². The molecular formula is C13H15N. The Morgan fingerprint density at radius 2 is 1.93 bits per heavy atom. The summed E-state index contributed by atoms with van der Waals surface area (Å²) in [5.41, 5.74) is 2.71. The Morgan fingerprint density at radius 1 is 1.07 bits per heavy atom. The van der Waals surface area contributed by atoms with Crippen LogP contribution in [0.25, 0.3) is 6.08 Å². The molecule has 0 spiro atoms. The fourth-order valence-electron chi connectivity index (χ4n) is 1.69. The largest absolute Gasteiger partial charge is 0.265 e. The zero-order chi connectivity index (χ0) is 9.64. The van der Waals surface area contributed by atoms with E-state index in [1.165, 1.54) is 36.8 Å². The molecule has 0 atom stereocenters. The number of pyridine rings is 1. The quantitative estimate of drug-likeness (QED) is 0.686. The third-order valence-corrected chi connectivity index (χ3v) is 2.52. The topological polar surface area (TPSA) is 12.9 Å². The van der Waals surface area contributed by atoms with E-state index in [4.69, 9.17) is 0 Å². The minimum absolute atomic E-state index is 1.23. The van der Waals surface area contributed by atoms with Gasteiger partial charge in [-0.05, 0) is 43.4 Å². The van der Waals surface area contributed by atoms with Crippen molar-refractivity contribution in [3.63, 3.8) is 0 Å². The zero-order valence-corrected chi connectivity index (χ0v) is 8.32. The summed E-state index contributed by atoms with van der Waals surface area (Å²) >= 11 is 0. The molecule has 0 saturated heterocycles. The Hall–Kier alpha value is -1.37. The second-order valence-corrected chi connectivity index (χ2v) is 3.64. The third kappa shape index (κ3) is 2.56. The van der Waals surface area contributed by atoms with Crippen molar-refractivity contribution in [1.29, 1.82) is 0 Å². The van der Waals surface area contributed by atoms with Gasteiger partial charge < -0.3 is 0 Å². The van der Waals surface area contributed by atoms with E-state index >= 15 is 0 Å². The highest BCUT2D eigenvalue weighted by Gasteiger charge is 1.98. The molecule has 0 saturated carbocycles. The highest BCUT2D eigenvalue weighted by Crippen LogP contribution is 2.18. The molecule has 2 rings (SSSR count). The molecule has 72 valence electrons. The van der Waals surface area contributed by atoms with E-state index in [1.807, 2.05) is 24.5 Å². The lowest BCUT2D eigenvalue weighted by atomic mass is 9.99. The van der Waals surface area contributed by atoms with Crippen LogP contribution in [0.15, 0.2) is 42.3 Å². The number of allylic oxidation sites excluding steroid dienone is 3. The van der Waals surface area contributed by atoms with Gasteiger partial charge in [-0.25, -0.2) is 0 Å². The summed E-state index contributed by atoms with van der Waals surface area (Å²) in [6.45, 7) is 0. The van der Waals surface area contributed by atoms with E-state index in [-0.39, 0.29) is 0 Å². The molecule has 0 bridgehead atoms. The highest BCUT2D eigenvalue weighted by molar-refractivity contribution is 5.52. The van der Waals surface area contributed by atoms with Crippen molar-refractivity contribution in [2.24, 2.45) is 0 Å². The summed E-state index contributed by atoms with van der Waals surface area (Å²) in [5.74, 6) is 0. The molecule has 1 heterocycles. The average molecular weight is 185 g/mol. The van der Waals surface area contributed by atoms with Crippen molar-refractivity contribution < 1.29 is 0 Å². The van der Waals surface area contributed by atoms with Crippen LogP contribution >= 0.6 is 0 Å². The number of nitrogens with zero attached hydrogens (tertiary/aromatic N) is 1. The maximum Gasteiger partial charge on any atom is 0.0273 e. The zero-order valence-electron chi connectivity index (χ0n) is 8.32. The average Bonchev–Trinajstić information content (AvgIpc) is 2.29. The Kier molecular flexibility index (Phi) is 3.12. The van der Waals surface area contributed by atoms with Crippen LogP contribution < -0.4 is 0 Å². The van der Waals surface area contributed by atoms with Crippen LogP contribution in [0.4, 0.5) is 0 Å². The van der Waals surface area contributed by atoms with Gasteiger partial charge in [-0.2, -0.15) is 0 Å². The molecule has 0 amide bonds. The summed E-state index contributed by atoms with van der Waals surface area (Å²) in [7, 11) is 0. The lowest BCUT2D eigenvalue weighted by Crippen LogP contribution is -1.87. The van der Waals surface area contributed by atoms with Crippen LogP contribution in [0, 0.1) is 0 Å². The van der Waals surface area contributed by atoms with Crippen molar-refractivity contribution >= 4 is 6.08 Å². The standard InChI is InChI=1S/C13H15N/c1-2-4-12(5-3-1)6-7-13-8-10-14-11-9-13/h4,6-11H,1-3,5H2. The highest BCUT2D eigenvalue weighted by atomic mass is 14.6. The van der Waals surface area contributed by atoms with Crippen molar-refractivity contribution in [2.75, 3.05) is 0 Å². The molecule has 1 aromatic heterocycles. The number of aromatic nitrogens is 1. The van der Waals surface area contributed by atoms with E-state index < -0.39 is 0 Å². The van der Waals surface area contributed by atoms with Crippen molar-refractivity contribution in [2.45, 2.75) is 25.7 Å². The van der Waals surface area contributed by atoms with Gasteiger partial charge in [0.1, 0.15) is 0 Å². The maximum absolute atomic E-state index is 3.99. The molecule has 1 heteroatoms. The lowest BCUT2D eigenvalue weighted by Gasteiger charge is -2.07. The predicted molar refractivity (Wildman–Crippen MR) is 59.8 cm³/mol. The first-order chi connectivity index (χ1) is 6.95. The minimum atomic E-state index is 1.23. The Morgan fingerprint density at radius 3 is 2.64 bits per heavy atom. The van der Waals surface area contributed by atoms with Gasteiger partial charge >= 0.3 is 0 Å². The molecule has 1 aliphatic carbocycles. The fourth-order valence-corrected chi connectivity index (χ4v) is 1.69. The number of hydrogen-bond donors (Lipinski definition) is 0. The van der Waals surface area contributed by atoms with E-state index in [0.29, 0.717) is 0 Å². The Bertz CT molecular complexity index is 336. The van der Waals surface area contributed by atoms with Gasteiger partial charge in [-0.15, -0.1) is 0 Å². The first-order valence-corrected chi connectivity index (χ1v) is 5.22. The predicted octanol–water partition coefficient (Wildman–Crippen LogP) is 3.60. The Balaban J connectivity index is 2.03. The molecule has 0 unspecified atom stereocenters. The van der Waals surface area contributed by atoms with Gasteiger partial charge in [0.05, 0.1) is 0 Å². The summed E-state index contributed by atoms with van der Waals surface area (Å²) in [6, 6.07) is 4.06. The lowest BCUT2D eigenvalue weighted by molar-refractivity contribution is 0.712. The van der Waals surface area contributed by atoms with E-state index in [1.54, 1.807) is 0 Å². The molecule has 14 heavy (non-hydrogen) atoms. The van der Waals surface area contributed by atoms with E-state index in [9.17, 15) is 0 Å². The summed E-state index contributed by atoms with van der Waals surface area (Å²) in [6.07, 6.45) is 15.6. The van der Waals surface area contributed by atoms with Crippen LogP contribution in [0.2, 0.25) is 0 Å². The van der Waals surface area contributed by atoms with Gasteiger partial charge in [0.25, 0.3) is 0 Å². The van der Waals surface area contributed by atoms with Gasteiger partial charge in [0.2, 0.25) is 0 Å². The van der Waals surface area contributed by atoms with Crippen molar-refractivity contribution in [3.05, 3.63) is 47.8 Å². The van der Waals surface area contributed by atoms with Crippen molar-refractivity contribution in [1.82, 2.24) is 4.98 Å². The second-order valence-electron chi connectivity index (χ2n) is 3.64. The smallest absolute Gasteiger partial charge is 0.0273 e. The molecule has 0 fully saturated rings. The molecule has 1 aliphatic rings. The molecule has 0 aromatic carbocycles. The van der Waals surface area contributed by atoms with Crippen molar-refractivity contribution in [3.8, 4) is 0 Å². The number of hydrogen-bond acceptors (Lipinski definition) is 1. The van der Waals surface area contributed by atoms with Gasteiger partial charge in [0.15, 0.2) is 0 Å². The minimum Gasteiger partial charge on any atom is -0.265 e. The van der Waals surface area contributed by atoms with Crippen LogP contribution in [0.5, 0.6) is 0 Å². The Labute approximate surface area is 85.2 Å². The van der Waals surface area contributed by atoms with Gasteiger partial charge in [-0.3, -0.25) is 4.98 Å². The molecule has 0 aliphatic heterocycles. The molecular weight excluding hydrogens is 170 g/mol. The van der Waals surface area contributed by atoms with Crippen LogP contribution in [0.3, 0.4) is 0 Å². The normalized spacial score (nSPS) is 17.0. The first-order valence-electron chi connectivity index (χ1n) is 5.22. The van der Waals surface area contributed by atoms with Crippen LogP contribution in [-0.2, 0) is 0 Å². The molecule has 1 aromatic rings. The van der Waals surface area contributed by atoms with E-state index in [2.05, 4.69) is 23.2 Å². The molecule has 1 nitrogen and oxygen atoms in total. The summed E-state index contributed by atoms with van der Waals surface area (Å²) in [5, 5.41) is 0. The fraction of sp³-hybridized carbons (Fsp3) is 0.308. The maximum atomic E-state index is 3.99. The third-order valence-electron chi connectivity index (χ3n) is 2.52. The second kappa shape index (κ2) is 4.75. The number of rotatable bonds is 2. The monoisotopic (exact) mass is 185 g/mol. The summed E-state index contributed by atoms with van der Waals surface area (Å²) in [4.78, 5) is 3.99. The van der Waals surface area contributed by atoms with E-state index in [0.717, 1.165) is 0 Å².